The zero-order chi connectivity index (χ0) is 11.7. The first-order valence-corrected chi connectivity index (χ1v) is 7.75. The van der Waals surface area contributed by atoms with Gasteiger partial charge in [-0.2, -0.15) is 0 Å². The SMILES string of the molecule is CC1CC(NCC2CC2)CN(CC2CCC2)C1. The van der Waals surface area contributed by atoms with Gasteiger partial charge in [0.1, 0.15) is 0 Å². The van der Waals surface area contributed by atoms with Crippen LogP contribution in [-0.4, -0.2) is 37.1 Å². The van der Waals surface area contributed by atoms with Gasteiger partial charge in [-0.15, -0.1) is 0 Å². The largest absolute Gasteiger partial charge is 0.312 e. The van der Waals surface area contributed by atoms with Gasteiger partial charge in [0, 0.05) is 25.7 Å². The third-order valence-electron chi connectivity index (χ3n) is 4.87. The monoisotopic (exact) mass is 236 g/mol. The minimum atomic E-state index is 0.777. The molecule has 3 fully saturated rings. The number of rotatable bonds is 5. The van der Waals surface area contributed by atoms with Crippen LogP contribution in [0.2, 0.25) is 0 Å². The third-order valence-corrected chi connectivity index (χ3v) is 4.87. The van der Waals surface area contributed by atoms with E-state index in [0.717, 1.165) is 23.8 Å². The summed E-state index contributed by atoms with van der Waals surface area (Å²) in [6, 6.07) is 0.777. The molecular formula is C15H28N2. The van der Waals surface area contributed by atoms with Crippen molar-refractivity contribution in [1.82, 2.24) is 10.2 Å². The van der Waals surface area contributed by atoms with E-state index in [2.05, 4.69) is 17.1 Å². The summed E-state index contributed by atoms with van der Waals surface area (Å²) in [5, 5.41) is 3.81. The van der Waals surface area contributed by atoms with Crippen LogP contribution >= 0.6 is 0 Å². The Kier molecular flexibility index (Phi) is 3.72. The molecule has 98 valence electrons. The summed E-state index contributed by atoms with van der Waals surface area (Å²) >= 11 is 0. The van der Waals surface area contributed by atoms with E-state index < -0.39 is 0 Å². The lowest BCUT2D eigenvalue weighted by atomic mass is 9.84. The number of hydrogen-bond acceptors (Lipinski definition) is 2. The van der Waals surface area contributed by atoms with Crippen molar-refractivity contribution in [3.05, 3.63) is 0 Å². The molecule has 3 rings (SSSR count). The van der Waals surface area contributed by atoms with Gasteiger partial charge in [0.25, 0.3) is 0 Å². The Morgan fingerprint density at radius 2 is 1.88 bits per heavy atom. The van der Waals surface area contributed by atoms with Crippen LogP contribution in [-0.2, 0) is 0 Å². The molecule has 0 aromatic carbocycles. The lowest BCUT2D eigenvalue weighted by molar-refractivity contribution is 0.107. The van der Waals surface area contributed by atoms with Crippen LogP contribution in [0.3, 0.4) is 0 Å². The summed E-state index contributed by atoms with van der Waals surface area (Å²) in [5.74, 6) is 2.94. The van der Waals surface area contributed by atoms with Gasteiger partial charge in [0.05, 0.1) is 0 Å². The van der Waals surface area contributed by atoms with Crippen molar-refractivity contribution < 1.29 is 0 Å². The smallest absolute Gasteiger partial charge is 0.0198 e. The molecule has 2 saturated carbocycles. The minimum absolute atomic E-state index is 0.777. The lowest BCUT2D eigenvalue weighted by Gasteiger charge is -2.40. The summed E-state index contributed by atoms with van der Waals surface area (Å²) in [6.07, 6.45) is 8.81. The molecule has 17 heavy (non-hydrogen) atoms. The van der Waals surface area contributed by atoms with Gasteiger partial charge in [-0.25, -0.2) is 0 Å². The molecule has 0 amide bonds. The fraction of sp³-hybridized carbons (Fsp3) is 1.00. The summed E-state index contributed by atoms with van der Waals surface area (Å²) in [7, 11) is 0. The minimum Gasteiger partial charge on any atom is -0.312 e. The Hall–Kier alpha value is -0.0800. The van der Waals surface area contributed by atoms with E-state index in [1.165, 1.54) is 64.7 Å². The van der Waals surface area contributed by atoms with E-state index in [9.17, 15) is 0 Å². The molecule has 0 aromatic heterocycles. The molecule has 1 heterocycles. The quantitative estimate of drug-likeness (QED) is 0.789. The first kappa shape index (κ1) is 12.0. The maximum absolute atomic E-state index is 3.81. The van der Waals surface area contributed by atoms with Crippen LogP contribution in [0.25, 0.3) is 0 Å². The average Bonchev–Trinajstić information content (AvgIpc) is 3.04. The number of likely N-dealkylation sites (tertiary alicyclic amines) is 1. The Morgan fingerprint density at radius 1 is 1.06 bits per heavy atom. The number of hydrogen-bond donors (Lipinski definition) is 1. The normalized spacial score (nSPS) is 35.8. The predicted octanol–water partition coefficient (Wildman–Crippen LogP) is 2.50. The standard InChI is InChI=1S/C15H28N2/c1-12-7-15(16-8-13-5-6-13)11-17(9-12)10-14-3-2-4-14/h12-16H,2-11H2,1H3. The maximum Gasteiger partial charge on any atom is 0.0198 e. The first-order valence-electron chi connectivity index (χ1n) is 7.75. The zero-order valence-corrected chi connectivity index (χ0v) is 11.3. The molecule has 0 radical (unpaired) electrons. The van der Waals surface area contributed by atoms with Crippen LogP contribution in [0.4, 0.5) is 0 Å². The van der Waals surface area contributed by atoms with Gasteiger partial charge in [-0.1, -0.05) is 13.3 Å². The molecule has 2 nitrogen and oxygen atoms in total. The van der Waals surface area contributed by atoms with Crippen molar-refractivity contribution in [2.75, 3.05) is 26.2 Å². The third kappa shape index (κ3) is 3.45. The highest BCUT2D eigenvalue weighted by molar-refractivity contribution is 4.86. The van der Waals surface area contributed by atoms with Crippen molar-refractivity contribution in [3.8, 4) is 0 Å². The number of nitrogens with zero attached hydrogens (tertiary/aromatic N) is 1. The molecule has 0 bridgehead atoms. The zero-order valence-electron chi connectivity index (χ0n) is 11.3. The van der Waals surface area contributed by atoms with E-state index >= 15 is 0 Å². The molecule has 0 aromatic rings. The molecule has 1 aliphatic heterocycles. The predicted molar refractivity (Wildman–Crippen MR) is 72.1 cm³/mol. The van der Waals surface area contributed by atoms with E-state index in [1.54, 1.807) is 0 Å². The van der Waals surface area contributed by atoms with E-state index in [0.29, 0.717) is 0 Å². The highest BCUT2D eigenvalue weighted by Crippen LogP contribution is 2.30. The lowest BCUT2D eigenvalue weighted by Crippen LogP contribution is -2.50. The van der Waals surface area contributed by atoms with Crippen molar-refractivity contribution in [3.63, 3.8) is 0 Å². The van der Waals surface area contributed by atoms with Crippen LogP contribution < -0.4 is 5.32 Å². The first-order chi connectivity index (χ1) is 8.29. The molecule has 2 unspecified atom stereocenters. The molecular weight excluding hydrogens is 208 g/mol. The van der Waals surface area contributed by atoms with Gasteiger partial charge in [0.2, 0.25) is 0 Å². The van der Waals surface area contributed by atoms with Crippen molar-refractivity contribution in [1.29, 1.82) is 0 Å². The van der Waals surface area contributed by atoms with Gasteiger partial charge in [0.15, 0.2) is 0 Å². The van der Waals surface area contributed by atoms with Crippen LogP contribution in [0.1, 0.15) is 45.4 Å². The molecule has 2 atom stereocenters. The van der Waals surface area contributed by atoms with Gasteiger partial charge in [-0.05, 0) is 56.4 Å². The van der Waals surface area contributed by atoms with E-state index in [4.69, 9.17) is 0 Å². The molecule has 3 aliphatic rings. The van der Waals surface area contributed by atoms with Gasteiger partial charge >= 0.3 is 0 Å². The summed E-state index contributed by atoms with van der Waals surface area (Å²) in [4.78, 5) is 2.74. The molecule has 1 N–H and O–H groups in total. The molecule has 2 heteroatoms. The highest BCUT2D eigenvalue weighted by atomic mass is 15.2. The van der Waals surface area contributed by atoms with Gasteiger partial charge in [-0.3, -0.25) is 0 Å². The van der Waals surface area contributed by atoms with Crippen molar-refractivity contribution in [2.24, 2.45) is 17.8 Å². The van der Waals surface area contributed by atoms with Crippen LogP contribution in [0, 0.1) is 17.8 Å². The summed E-state index contributed by atoms with van der Waals surface area (Å²) in [6.45, 7) is 7.75. The Labute approximate surface area is 106 Å². The van der Waals surface area contributed by atoms with Crippen LogP contribution in [0.15, 0.2) is 0 Å². The highest BCUT2D eigenvalue weighted by Gasteiger charge is 2.29. The summed E-state index contributed by atoms with van der Waals surface area (Å²) < 4.78 is 0. The Morgan fingerprint density at radius 3 is 2.53 bits per heavy atom. The van der Waals surface area contributed by atoms with E-state index in [1.807, 2.05) is 0 Å². The average molecular weight is 236 g/mol. The fourth-order valence-electron chi connectivity index (χ4n) is 3.45. The van der Waals surface area contributed by atoms with E-state index in [-0.39, 0.29) is 0 Å². The topological polar surface area (TPSA) is 15.3 Å². The molecule has 2 aliphatic carbocycles. The maximum atomic E-state index is 3.81. The van der Waals surface area contributed by atoms with Crippen molar-refractivity contribution in [2.45, 2.75) is 51.5 Å². The Bertz CT molecular complexity index is 245. The van der Waals surface area contributed by atoms with Crippen LogP contribution in [0.5, 0.6) is 0 Å². The van der Waals surface area contributed by atoms with Crippen molar-refractivity contribution >= 4 is 0 Å². The second-order valence-corrected chi connectivity index (χ2v) is 6.90. The number of nitrogens with one attached hydrogen (secondary N) is 1. The van der Waals surface area contributed by atoms with Gasteiger partial charge < -0.3 is 10.2 Å². The Balaban J connectivity index is 1.43. The second-order valence-electron chi connectivity index (χ2n) is 6.90. The molecule has 1 saturated heterocycles. The summed E-state index contributed by atoms with van der Waals surface area (Å²) in [5.41, 5.74) is 0. The second kappa shape index (κ2) is 5.27. The number of piperidine rings is 1. The molecule has 0 spiro atoms. The fourth-order valence-corrected chi connectivity index (χ4v) is 3.45.